The second-order valence-electron chi connectivity index (χ2n) is 9.41. The number of ether oxygens (including phenoxy) is 1. The number of carbonyl (C=O) groups is 2. The van der Waals surface area contributed by atoms with Gasteiger partial charge in [0.15, 0.2) is 0 Å². The Morgan fingerprint density at radius 3 is 2.32 bits per heavy atom. The molecule has 0 saturated heterocycles. The van der Waals surface area contributed by atoms with E-state index in [2.05, 4.69) is 41.7 Å². The third-order valence-electron chi connectivity index (χ3n) is 5.57. The van der Waals surface area contributed by atoms with Crippen molar-refractivity contribution in [1.29, 1.82) is 0 Å². The molecule has 0 aliphatic rings. The Labute approximate surface area is 226 Å². The van der Waals surface area contributed by atoms with Gasteiger partial charge < -0.3 is 15.4 Å². The minimum atomic E-state index is -0.388. The van der Waals surface area contributed by atoms with E-state index in [1.54, 1.807) is 36.0 Å². The number of urea groups is 1. The zero-order valence-corrected chi connectivity index (χ0v) is 22.7. The van der Waals surface area contributed by atoms with Crippen LogP contribution in [0, 0.1) is 0 Å². The summed E-state index contributed by atoms with van der Waals surface area (Å²) in [6.07, 6.45) is 3.41. The van der Waals surface area contributed by atoms with E-state index in [0.717, 1.165) is 16.3 Å². The van der Waals surface area contributed by atoms with Crippen molar-refractivity contribution in [3.05, 3.63) is 84.3 Å². The maximum absolute atomic E-state index is 13.0. The van der Waals surface area contributed by atoms with Gasteiger partial charge in [-0.15, -0.1) is 11.8 Å². The Bertz CT molecular complexity index is 1430. The van der Waals surface area contributed by atoms with E-state index in [1.807, 2.05) is 48.7 Å². The molecular formula is C28H30N6O3S. The van der Waals surface area contributed by atoms with Crippen molar-refractivity contribution in [2.45, 2.75) is 31.1 Å². The maximum atomic E-state index is 13.0. The van der Waals surface area contributed by atoms with Crippen LogP contribution in [0.4, 0.5) is 16.3 Å². The quantitative estimate of drug-likeness (QED) is 0.250. The van der Waals surface area contributed by atoms with Crippen LogP contribution in [0.5, 0.6) is 11.5 Å². The minimum absolute atomic E-state index is 0.187. The first-order valence-electron chi connectivity index (χ1n) is 12.0. The number of pyridine rings is 1. The van der Waals surface area contributed by atoms with Gasteiger partial charge >= 0.3 is 6.03 Å². The van der Waals surface area contributed by atoms with Gasteiger partial charge in [-0.25, -0.2) is 14.5 Å². The van der Waals surface area contributed by atoms with E-state index in [4.69, 9.17) is 9.84 Å². The minimum Gasteiger partial charge on any atom is -0.456 e. The lowest BCUT2D eigenvalue weighted by atomic mass is 9.92. The van der Waals surface area contributed by atoms with E-state index >= 15 is 0 Å². The van der Waals surface area contributed by atoms with Crippen molar-refractivity contribution in [2.75, 3.05) is 23.9 Å². The summed E-state index contributed by atoms with van der Waals surface area (Å²) in [6, 6.07) is 19.8. The summed E-state index contributed by atoms with van der Waals surface area (Å²) >= 11 is 1.48. The van der Waals surface area contributed by atoms with Gasteiger partial charge in [0.1, 0.15) is 23.0 Å². The average Bonchev–Trinajstić information content (AvgIpc) is 3.34. The Hall–Kier alpha value is -4.31. The molecule has 0 saturated carbocycles. The van der Waals surface area contributed by atoms with Gasteiger partial charge in [-0.05, 0) is 48.7 Å². The van der Waals surface area contributed by atoms with Gasteiger partial charge in [0, 0.05) is 23.4 Å². The van der Waals surface area contributed by atoms with Gasteiger partial charge in [-0.3, -0.25) is 10.1 Å². The van der Waals surface area contributed by atoms with Crippen LogP contribution in [-0.2, 0) is 5.41 Å². The van der Waals surface area contributed by atoms with E-state index in [1.165, 1.54) is 18.0 Å². The molecule has 4 aromatic rings. The predicted molar refractivity (Wildman–Crippen MR) is 151 cm³/mol. The number of hydrogen-bond donors (Lipinski definition) is 3. The first-order chi connectivity index (χ1) is 18.2. The molecule has 0 unspecified atom stereocenters. The van der Waals surface area contributed by atoms with Crippen LogP contribution in [0.15, 0.2) is 77.8 Å². The Morgan fingerprint density at radius 2 is 1.68 bits per heavy atom. The summed E-state index contributed by atoms with van der Waals surface area (Å²) in [5, 5.41) is 13.1. The fourth-order valence-corrected chi connectivity index (χ4v) is 4.12. The number of nitrogens with zero attached hydrogens (tertiary/aromatic N) is 3. The molecule has 0 aliphatic carbocycles. The van der Waals surface area contributed by atoms with Gasteiger partial charge in [-0.1, -0.05) is 39.0 Å². The van der Waals surface area contributed by atoms with Crippen molar-refractivity contribution in [3.8, 4) is 17.2 Å². The standard InChI is InChI=1S/C28H30N6O3S/c1-28(2,3)24-16-25(34(33-24)18-9-7-6-8-10-18)32-27(36)31-21-13-11-19(15-23(21)38-5)37-20-12-14-22(30-17-20)26(35)29-4/h6-17H,1-5H3,(H,29,35)(H2,31,32,36). The number of anilines is 2. The molecular weight excluding hydrogens is 500 g/mol. The lowest BCUT2D eigenvalue weighted by Gasteiger charge is -2.14. The molecule has 196 valence electrons. The van der Waals surface area contributed by atoms with E-state index < -0.39 is 0 Å². The molecule has 38 heavy (non-hydrogen) atoms. The van der Waals surface area contributed by atoms with Gasteiger partial charge in [0.2, 0.25) is 0 Å². The summed E-state index contributed by atoms with van der Waals surface area (Å²) in [7, 11) is 1.55. The monoisotopic (exact) mass is 530 g/mol. The number of carbonyl (C=O) groups excluding carboxylic acids is 2. The van der Waals surface area contributed by atoms with Crippen LogP contribution in [0.3, 0.4) is 0 Å². The second-order valence-corrected chi connectivity index (χ2v) is 10.3. The second kappa shape index (κ2) is 11.4. The third kappa shape index (κ3) is 6.33. The molecule has 0 bridgehead atoms. The summed E-state index contributed by atoms with van der Waals surface area (Å²) in [5.74, 6) is 1.37. The van der Waals surface area contributed by atoms with Crippen molar-refractivity contribution < 1.29 is 14.3 Å². The molecule has 0 radical (unpaired) electrons. The number of amides is 3. The number of aromatic nitrogens is 3. The normalized spacial score (nSPS) is 11.1. The van der Waals surface area contributed by atoms with Crippen LogP contribution < -0.4 is 20.7 Å². The largest absolute Gasteiger partial charge is 0.456 e. The number of thioether (sulfide) groups is 1. The van der Waals surface area contributed by atoms with Crippen molar-refractivity contribution in [3.63, 3.8) is 0 Å². The molecule has 9 nitrogen and oxygen atoms in total. The molecule has 2 heterocycles. The number of nitrogens with one attached hydrogen (secondary N) is 3. The van der Waals surface area contributed by atoms with Crippen LogP contribution >= 0.6 is 11.8 Å². The van der Waals surface area contributed by atoms with Crippen molar-refractivity contribution >= 4 is 35.2 Å². The molecule has 0 spiro atoms. The predicted octanol–water partition coefficient (Wildman–Crippen LogP) is 6.08. The van der Waals surface area contributed by atoms with E-state index in [0.29, 0.717) is 28.7 Å². The van der Waals surface area contributed by atoms with Crippen molar-refractivity contribution in [1.82, 2.24) is 20.1 Å². The smallest absolute Gasteiger partial charge is 0.324 e. The highest BCUT2D eigenvalue weighted by Gasteiger charge is 2.22. The maximum Gasteiger partial charge on any atom is 0.324 e. The summed E-state index contributed by atoms with van der Waals surface area (Å²) in [5.41, 5.74) is 2.46. The Kier molecular flexibility index (Phi) is 8.02. The van der Waals surface area contributed by atoms with E-state index in [9.17, 15) is 9.59 Å². The average molecular weight is 531 g/mol. The molecule has 4 rings (SSSR count). The number of para-hydroxylation sites is 1. The van der Waals surface area contributed by atoms with E-state index in [-0.39, 0.29) is 17.4 Å². The van der Waals surface area contributed by atoms with Gasteiger partial charge in [0.05, 0.1) is 23.3 Å². The fraction of sp³-hybridized carbons (Fsp3) is 0.214. The first kappa shape index (κ1) is 26.7. The number of benzene rings is 2. The highest BCUT2D eigenvalue weighted by molar-refractivity contribution is 7.98. The summed E-state index contributed by atoms with van der Waals surface area (Å²) in [4.78, 5) is 29.7. The molecule has 0 atom stereocenters. The molecule has 3 N–H and O–H groups in total. The fourth-order valence-electron chi connectivity index (χ4n) is 3.55. The summed E-state index contributed by atoms with van der Waals surface area (Å²) < 4.78 is 7.63. The Balaban J connectivity index is 1.50. The zero-order chi connectivity index (χ0) is 27.3. The molecule has 0 aliphatic heterocycles. The van der Waals surface area contributed by atoms with Crippen molar-refractivity contribution in [2.24, 2.45) is 0 Å². The number of rotatable bonds is 7. The van der Waals surface area contributed by atoms with Gasteiger partial charge in [0.25, 0.3) is 5.91 Å². The Morgan fingerprint density at radius 1 is 0.947 bits per heavy atom. The molecule has 2 aromatic heterocycles. The van der Waals surface area contributed by atoms with Gasteiger partial charge in [-0.2, -0.15) is 5.10 Å². The molecule has 10 heteroatoms. The SMILES string of the molecule is CNC(=O)c1ccc(Oc2ccc(NC(=O)Nc3cc(C(C)(C)C)nn3-c3ccccc3)c(SC)c2)cn1. The lowest BCUT2D eigenvalue weighted by molar-refractivity contribution is 0.0958. The van der Waals surface area contributed by atoms with Crippen LogP contribution in [0.25, 0.3) is 5.69 Å². The highest BCUT2D eigenvalue weighted by atomic mass is 32.2. The molecule has 0 fully saturated rings. The van der Waals surface area contributed by atoms with Crippen LogP contribution in [-0.4, -0.2) is 40.0 Å². The van der Waals surface area contributed by atoms with Crippen LogP contribution in [0.2, 0.25) is 0 Å². The molecule has 3 amide bonds. The molecule has 2 aromatic carbocycles. The summed E-state index contributed by atoms with van der Waals surface area (Å²) in [6.45, 7) is 6.24. The first-order valence-corrected chi connectivity index (χ1v) is 13.2. The zero-order valence-electron chi connectivity index (χ0n) is 21.9. The third-order valence-corrected chi connectivity index (χ3v) is 6.35. The number of hydrogen-bond acceptors (Lipinski definition) is 6. The highest BCUT2D eigenvalue weighted by Crippen LogP contribution is 2.32. The van der Waals surface area contributed by atoms with Crippen LogP contribution in [0.1, 0.15) is 37.0 Å². The topological polar surface area (TPSA) is 110 Å². The lowest BCUT2D eigenvalue weighted by Crippen LogP contribution is -2.21.